The number of nitrogens with zero attached hydrogens (tertiary/aromatic N) is 2. The maximum Gasteiger partial charge on any atom is 0.266 e. The van der Waals surface area contributed by atoms with Crippen molar-refractivity contribution in [3.63, 3.8) is 0 Å². The highest BCUT2D eigenvalue weighted by molar-refractivity contribution is 9.10. The summed E-state index contributed by atoms with van der Waals surface area (Å²) in [5, 5.41) is 10.5. The van der Waals surface area contributed by atoms with Crippen molar-refractivity contribution >= 4 is 39.0 Å². The standard InChI is InChI=1S/C22H15BrN2O2/c23-16-10-12-17(13-11-16)25-21(14-9-15-5-1-4-8-20(15)26)24-19-7-3-2-6-18(19)22(25)27/h1-14,26H/b14-9+. The molecule has 4 nitrogen and oxygen atoms in total. The topological polar surface area (TPSA) is 55.1 Å². The molecule has 0 unspecified atom stereocenters. The first-order chi connectivity index (χ1) is 13.1. The number of rotatable bonds is 3. The highest BCUT2D eigenvalue weighted by Crippen LogP contribution is 2.20. The highest BCUT2D eigenvalue weighted by Gasteiger charge is 2.11. The Bertz CT molecular complexity index is 1210. The molecule has 0 saturated carbocycles. The molecule has 1 N–H and O–H groups in total. The van der Waals surface area contributed by atoms with Crippen LogP contribution < -0.4 is 5.56 Å². The summed E-state index contributed by atoms with van der Waals surface area (Å²) in [5.74, 6) is 0.663. The van der Waals surface area contributed by atoms with E-state index < -0.39 is 0 Å². The summed E-state index contributed by atoms with van der Waals surface area (Å²) < 4.78 is 2.50. The SMILES string of the molecule is O=c1c2ccccc2nc(/C=C/c2ccccc2O)n1-c1ccc(Br)cc1. The number of benzene rings is 3. The molecule has 0 aliphatic rings. The summed E-state index contributed by atoms with van der Waals surface area (Å²) in [6.07, 6.45) is 3.49. The molecule has 0 aliphatic heterocycles. The van der Waals surface area contributed by atoms with Gasteiger partial charge in [0.15, 0.2) is 0 Å². The molecule has 27 heavy (non-hydrogen) atoms. The van der Waals surface area contributed by atoms with E-state index in [-0.39, 0.29) is 11.3 Å². The minimum atomic E-state index is -0.139. The molecule has 1 heterocycles. The number of hydrogen-bond acceptors (Lipinski definition) is 3. The normalized spacial score (nSPS) is 11.3. The number of fused-ring (bicyclic) bond motifs is 1. The highest BCUT2D eigenvalue weighted by atomic mass is 79.9. The Morgan fingerprint density at radius 2 is 1.59 bits per heavy atom. The van der Waals surface area contributed by atoms with Crippen molar-refractivity contribution in [2.45, 2.75) is 0 Å². The summed E-state index contributed by atoms with van der Waals surface area (Å²) in [5.41, 5.74) is 1.87. The van der Waals surface area contributed by atoms with Gasteiger partial charge < -0.3 is 5.11 Å². The molecule has 0 saturated heterocycles. The zero-order valence-corrected chi connectivity index (χ0v) is 15.8. The van der Waals surface area contributed by atoms with E-state index in [1.54, 1.807) is 41.0 Å². The Labute approximate surface area is 164 Å². The number of halogens is 1. The smallest absolute Gasteiger partial charge is 0.266 e. The number of phenols is 1. The number of aromatic hydroxyl groups is 1. The predicted octanol–water partition coefficient (Wildman–Crippen LogP) is 5.02. The zero-order valence-electron chi connectivity index (χ0n) is 14.2. The minimum Gasteiger partial charge on any atom is -0.507 e. The van der Waals surface area contributed by atoms with Crippen molar-refractivity contribution in [3.8, 4) is 11.4 Å². The van der Waals surface area contributed by atoms with Crippen molar-refractivity contribution in [1.29, 1.82) is 0 Å². The second kappa shape index (κ2) is 7.21. The zero-order chi connectivity index (χ0) is 18.8. The second-order valence-electron chi connectivity index (χ2n) is 6.00. The van der Waals surface area contributed by atoms with Crippen LogP contribution in [0.15, 0.2) is 82.1 Å². The van der Waals surface area contributed by atoms with Gasteiger partial charge in [0.25, 0.3) is 5.56 Å². The third-order valence-electron chi connectivity index (χ3n) is 4.24. The Morgan fingerprint density at radius 1 is 0.889 bits per heavy atom. The first-order valence-corrected chi connectivity index (χ1v) is 9.16. The van der Waals surface area contributed by atoms with Gasteiger partial charge in [-0.25, -0.2) is 4.98 Å². The Morgan fingerprint density at radius 3 is 2.37 bits per heavy atom. The molecule has 0 atom stereocenters. The molecule has 0 fully saturated rings. The third kappa shape index (κ3) is 3.41. The lowest BCUT2D eigenvalue weighted by Crippen LogP contribution is -2.22. The molecule has 4 rings (SSSR count). The molecular formula is C22H15BrN2O2. The first kappa shape index (κ1) is 17.2. The van der Waals surface area contributed by atoms with Crippen molar-refractivity contribution in [2.24, 2.45) is 0 Å². The number of aromatic nitrogens is 2. The summed E-state index contributed by atoms with van der Waals surface area (Å²) >= 11 is 3.42. The van der Waals surface area contributed by atoms with Gasteiger partial charge in [-0.1, -0.05) is 46.3 Å². The van der Waals surface area contributed by atoms with Crippen LogP contribution in [-0.2, 0) is 0 Å². The van der Waals surface area contributed by atoms with E-state index in [9.17, 15) is 9.90 Å². The van der Waals surface area contributed by atoms with Crippen molar-refractivity contribution in [1.82, 2.24) is 9.55 Å². The lowest BCUT2D eigenvalue weighted by atomic mass is 10.2. The maximum atomic E-state index is 13.1. The fourth-order valence-electron chi connectivity index (χ4n) is 2.89. The van der Waals surface area contributed by atoms with E-state index in [4.69, 9.17) is 0 Å². The molecule has 0 amide bonds. The van der Waals surface area contributed by atoms with Crippen molar-refractivity contribution < 1.29 is 5.11 Å². The number of hydrogen-bond donors (Lipinski definition) is 1. The molecule has 0 spiro atoms. The molecule has 5 heteroatoms. The average Bonchev–Trinajstić information content (AvgIpc) is 2.69. The molecule has 0 bridgehead atoms. The van der Waals surface area contributed by atoms with Gasteiger partial charge in [-0.15, -0.1) is 0 Å². The minimum absolute atomic E-state index is 0.139. The van der Waals surface area contributed by atoms with Crippen LogP contribution in [0.4, 0.5) is 0 Å². The Kier molecular flexibility index (Phi) is 4.60. The number of phenolic OH excluding ortho intramolecular Hbond substituents is 1. The van der Waals surface area contributed by atoms with Gasteiger partial charge in [0.1, 0.15) is 11.6 Å². The lowest BCUT2D eigenvalue weighted by molar-refractivity contribution is 0.474. The second-order valence-corrected chi connectivity index (χ2v) is 6.91. The van der Waals surface area contributed by atoms with E-state index in [2.05, 4.69) is 20.9 Å². The van der Waals surface area contributed by atoms with Crippen LogP contribution in [0.2, 0.25) is 0 Å². The molecular weight excluding hydrogens is 404 g/mol. The number of para-hydroxylation sites is 2. The Hall–Kier alpha value is -3.18. The van der Waals surface area contributed by atoms with Crippen LogP contribution in [0.1, 0.15) is 11.4 Å². The van der Waals surface area contributed by atoms with E-state index in [1.165, 1.54) is 0 Å². The van der Waals surface area contributed by atoms with E-state index in [0.29, 0.717) is 22.3 Å². The van der Waals surface area contributed by atoms with Crippen LogP contribution in [0.5, 0.6) is 5.75 Å². The maximum absolute atomic E-state index is 13.1. The van der Waals surface area contributed by atoms with Crippen LogP contribution >= 0.6 is 15.9 Å². The average molecular weight is 419 g/mol. The van der Waals surface area contributed by atoms with E-state index in [0.717, 1.165) is 10.2 Å². The van der Waals surface area contributed by atoms with Crippen molar-refractivity contribution in [2.75, 3.05) is 0 Å². The van der Waals surface area contributed by atoms with Gasteiger partial charge in [-0.3, -0.25) is 9.36 Å². The van der Waals surface area contributed by atoms with Crippen LogP contribution in [0, 0.1) is 0 Å². The molecule has 1 aromatic heterocycles. The summed E-state index contributed by atoms with van der Waals surface area (Å²) in [7, 11) is 0. The third-order valence-corrected chi connectivity index (χ3v) is 4.76. The molecule has 0 aliphatic carbocycles. The lowest BCUT2D eigenvalue weighted by Gasteiger charge is -2.11. The fraction of sp³-hybridized carbons (Fsp3) is 0. The van der Waals surface area contributed by atoms with Crippen LogP contribution in [0.3, 0.4) is 0 Å². The Balaban J connectivity index is 1.95. The van der Waals surface area contributed by atoms with Gasteiger partial charge in [0.05, 0.1) is 16.6 Å². The van der Waals surface area contributed by atoms with E-state index in [1.807, 2.05) is 48.5 Å². The van der Waals surface area contributed by atoms with Gasteiger partial charge in [-0.05, 0) is 54.6 Å². The predicted molar refractivity (Wildman–Crippen MR) is 112 cm³/mol. The molecule has 4 aromatic rings. The van der Waals surface area contributed by atoms with Gasteiger partial charge in [-0.2, -0.15) is 0 Å². The van der Waals surface area contributed by atoms with Crippen molar-refractivity contribution in [3.05, 3.63) is 99.0 Å². The molecule has 132 valence electrons. The first-order valence-electron chi connectivity index (χ1n) is 8.37. The summed E-state index contributed by atoms with van der Waals surface area (Å²) in [6.45, 7) is 0. The van der Waals surface area contributed by atoms with Crippen LogP contribution in [-0.4, -0.2) is 14.7 Å². The van der Waals surface area contributed by atoms with Gasteiger partial charge in [0.2, 0.25) is 0 Å². The molecule has 3 aromatic carbocycles. The summed E-state index contributed by atoms with van der Waals surface area (Å²) in [4.78, 5) is 17.8. The fourth-order valence-corrected chi connectivity index (χ4v) is 3.16. The monoisotopic (exact) mass is 418 g/mol. The van der Waals surface area contributed by atoms with Gasteiger partial charge in [0, 0.05) is 10.0 Å². The van der Waals surface area contributed by atoms with E-state index >= 15 is 0 Å². The summed E-state index contributed by atoms with van der Waals surface area (Å²) in [6, 6.07) is 21.8. The van der Waals surface area contributed by atoms with Crippen LogP contribution in [0.25, 0.3) is 28.7 Å². The quantitative estimate of drug-likeness (QED) is 0.507. The molecule has 0 radical (unpaired) electrons. The van der Waals surface area contributed by atoms with Gasteiger partial charge >= 0.3 is 0 Å². The largest absolute Gasteiger partial charge is 0.507 e.